The highest BCUT2D eigenvalue weighted by Gasteiger charge is 2.28. The first-order valence-corrected chi connectivity index (χ1v) is 13.8. The summed E-state index contributed by atoms with van der Waals surface area (Å²) in [5, 5.41) is 14.9. The van der Waals surface area contributed by atoms with Crippen molar-refractivity contribution >= 4 is 17.7 Å². The number of nitrogens with zero attached hydrogens (tertiary/aromatic N) is 1. The second-order valence-electron chi connectivity index (χ2n) is 10.5. The minimum Gasteiger partial charge on any atom is -0.379 e. The summed E-state index contributed by atoms with van der Waals surface area (Å²) in [5.74, 6) is -1.76. The van der Waals surface area contributed by atoms with Crippen LogP contribution in [-0.4, -0.2) is 73.3 Å². The van der Waals surface area contributed by atoms with Gasteiger partial charge in [-0.15, -0.1) is 0 Å². The van der Waals surface area contributed by atoms with Gasteiger partial charge in [0.2, 0.25) is 17.7 Å². The zero-order chi connectivity index (χ0) is 28.0. The van der Waals surface area contributed by atoms with E-state index in [1.54, 1.807) is 5.48 Å². The van der Waals surface area contributed by atoms with Gasteiger partial charge in [0, 0.05) is 38.4 Å². The van der Waals surface area contributed by atoms with Gasteiger partial charge in [-0.2, -0.15) is 0 Å². The van der Waals surface area contributed by atoms with Crippen LogP contribution in [0.2, 0.25) is 0 Å². The number of rotatable bonds is 14. The molecule has 4 N–H and O–H groups in total. The minimum absolute atomic E-state index is 0.153. The Morgan fingerprint density at radius 2 is 1.62 bits per heavy atom. The van der Waals surface area contributed by atoms with Crippen LogP contribution in [0, 0.1) is 11.8 Å². The fraction of sp³-hybridized carbons (Fsp3) is 0.500. The zero-order valence-electron chi connectivity index (χ0n) is 23.0. The van der Waals surface area contributed by atoms with Gasteiger partial charge in [0.05, 0.1) is 13.2 Å². The van der Waals surface area contributed by atoms with Crippen LogP contribution in [0.15, 0.2) is 54.6 Å². The van der Waals surface area contributed by atoms with E-state index in [2.05, 4.69) is 15.5 Å². The first kappa shape index (κ1) is 30.3. The van der Waals surface area contributed by atoms with Crippen LogP contribution in [0.25, 0.3) is 11.1 Å². The van der Waals surface area contributed by atoms with Gasteiger partial charge in [-0.1, -0.05) is 68.4 Å². The van der Waals surface area contributed by atoms with E-state index in [-0.39, 0.29) is 24.2 Å². The van der Waals surface area contributed by atoms with Crippen LogP contribution in [0.1, 0.15) is 38.7 Å². The van der Waals surface area contributed by atoms with Gasteiger partial charge < -0.3 is 15.4 Å². The van der Waals surface area contributed by atoms with E-state index < -0.39 is 17.9 Å². The third kappa shape index (κ3) is 10.4. The van der Waals surface area contributed by atoms with Crippen LogP contribution < -0.4 is 16.1 Å². The first-order chi connectivity index (χ1) is 18.9. The normalized spacial score (nSPS) is 15.4. The molecule has 0 spiro atoms. The lowest BCUT2D eigenvalue weighted by Gasteiger charge is -2.26. The molecule has 1 heterocycles. The summed E-state index contributed by atoms with van der Waals surface area (Å²) in [7, 11) is 0. The van der Waals surface area contributed by atoms with Gasteiger partial charge in [-0.05, 0) is 42.0 Å². The summed E-state index contributed by atoms with van der Waals surface area (Å²) in [6, 6.07) is 17.2. The summed E-state index contributed by atoms with van der Waals surface area (Å²) in [6.07, 6.45) is 1.42. The molecule has 0 bridgehead atoms. The van der Waals surface area contributed by atoms with E-state index in [0.717, 1.165) is 56.0 Å². The van der Waals surface area contributed by atoms with Crippen LogP contribution in [-0.2, 0) is 25.5 Å². The third-order valence-corrected chi connectivity index (χ3v) is 6.87. The lowest BCUT2D eigenvalue weighted by atomic mass is 9.92. The molecule has 1 fully saturated rings. The molecule has 9 heteroatoms. The second kappa shape index (κ2) is 16.0. The number of amides is 3. The van der Waals surface area contributed by atoms with Crippen LogP contribution in [0.3, 0.4) is 0 Å². The molecule has 2 aromatic carbocycles. The van der Waals surface area contributed by atoms with Gasteiger partial charge >= 0.3 is 0 Å². The number of ether oxygens (including phenoxy) is 1. The molecule has 0 unspecified atom stereocenters. The predicted molar refractivity (Wildman–Crippen MR) is 150 cm³/mol. The Balaban J connectivity index is 1.67. The van der Waals surface area contributed by atoms with E-state index in [1.165, 1.54) is 0 Å². The molecule has 39 heavy (non-hydrogen) atoms. The molecule has 9 nitrogen and oxygen atoms in total. The van der Waals surface area contributed by atoms with E-state index in [4.69, 9.17) is 9.94 Å². The van der Waals surface area contributed by atoms with Crippen molar-refractivity contribution in [2.24, 2.45) is 11.8 Å². The minimum atomic E-state index is -0.796. The Morgan fingerprint density at radius 3 is 2.26 bits per heavy atom. The molecule has 0 aliphatic carbocycles. The summed E-state index contributed by atoms with van der Waals surface area (Å²) in [5.41, 5.74) is 4.69. The van der Waals surface area contributed by atoms with Crippen LogP contribution >= 0.6 is 0 Å². The second-order valence-corrected chi connectivity index (χ2v) is 10.5. The van der Waals surface area contributed by atoms with Crippen molar-refractivity contribution in [3.05, 3.63) is 60.2 Å². The largest absolute Gasteiger partial charge is 0.379 e. The quantitative estimate of drug-likeness (QED) is 0.167. The highest BCUT2D eigenvalue weighted by molar-refractivity contribution is 5.90. The van der Waals surface area contributed by atoms with Crippen molar-refractivity contribution in [1.29, 1.82) is 0 Å². The van der Waals surface area contributed by atoms with Gasteiger partial charge in [-0.25, -0.2) is 5.48 Å². The molecule has 0 radical (unpaired) electrons. The maximum atomic E-state index is 13.3. The maximum absolute atomic E-state index is 13.3. The molecule has 3 amide bonds. The van der Waals surface area contributed by atoms with Crippen molar-refractivity contribution in [3.63, 3.8) is 0 Å². The van der Waals surface area contributed by atoms with Gasteiger partial charge in [-0.3, -0.25) is 24.5 Å². The summed E-state index contributed by atoms with van der Waals surface area (Å²) >= 11 is 0. The number of nitrogens with one attached hydrogen (secondary N) is 3. The predicted octanol–water partition coefficient (Wildman–Crippen LogP) is 2.78. The fourth-order valence-electron chi connectivity index (χ4n) is 4.78. The average Bonchev–Trinajstić information content (AvgIpc) is 2.95. The van der Waals surface area contributed by atoms with Crippen molar-refractivity contribution in [2.45, 2.75) is 45.6 Å². The summed E-state index contributed by atoms with van der Waals surface area (Å²) in [4.78, 5) is 40.7. The standard InChI is InChI=1S/C30H42N4O5/c1-22(2)19-26(21-28(35)33-38)29(36)32-27(30(37)31-13-6-14-34-15-17-39-18-16-34)20-23-9-11-25(12-10-23)24-7-4-3-5-8-24/h3-5,7-12,22,26-27,38H,6,13-21H2,1-2H3,(H,31,37)(H,32,36)(H,33,35)/t26-,27+/m1/s1. The monoisotopic (exact) mass is 538 g/mol. The number of hydrogen-bond acceptors (Lipinski definition) is 6. The van der Waals surface area contributed by atoms with Gasteiger partial charge in [0.25, 0.3) is 0 Å². The van der Waals surface area contributed by atoms with Crippen LogP contribution in [0.4, 0.5) is 0 Å². The molecule has 3 rings (SSSR count). The molecule has 0 aromatic heterocycles. The Hall–Kier alpha value is -3.27. The molecule has 1 aliphatic heterocycles. The van der Waals surface area contributed by atoms with E-state index >= 15 is 0 Å². The Labute approximate surface area is 231 Å². The first-order valence-electron chi connectivity index (χ1n) is 13.8. The highest BCUT2D eigenvalue weighted by atomic mass is 16.5. The topological polar surface area (TPSA) is 120 Å². The zero-order valence-corrected chi connectivity index (χ0v) is 23.0. The van der Waals surface area contributed by atoms with E-state index in [1.807, 2.05) is 68.4 Å². The van der Waals surface area contributed by atoms with Gasteiger partial charge in [0.15, 0.2) is 0 Å². The SMILES string of the molecule is CC(C)C[C@H](CC(=O)NO)C(=O)N[C@@H](Cc1ccc(-c2ccccc2)cc1)C(=O)NCCCN1CCOCC1. The summed E-state index contributed by atoms with van der Waals surface area (Å²) in [6.45, 7) is 8.54. The molecular formula is C30H42N4O5. The van der Waals surface area contributed by atoms with Crippen molar-refractivity contribution in [1.82, 2.24) is 21.0 Å². The molecule has 1 saturated heterocycles. The Morgan fingerprint density at radius 1 is 0.949 bits per heavy atom. The third-order valence-electron chi connectivity index (χ3n) is 6.87. The Kier molecular flexibility index (Phi) is 12.4. The highest BCUT2D eigenvalue weighted by Crippen LogP contribution is 2.20. The number of hydrogen-bond donors (Lipinski definition) is 4. The van der Waals surface area contributed by atoms with Crippen molar-refractivity contribution < 1.29 is 24.3 Å². The number of hydroxylamine groups is 1. The molecule has 1 aliphatic rings. The fourth-order valence-corrected chi connectivity index (χ4v) is 4.78. The average molecular weight is 539 g/mol. The lowest BCUT2D eigenvalue weighted by molar-refractivity contribution is -0.136. The Bertz CT molecular complexity index is 1040. The van der Waals surface area contributed by atoms with Crippen LogP contribution in [0.5, 0.6) is 0 Å². The smallest absolute Gasteiger partial charge is 0.244 e. The number of carbonyl (C=O) groups is 3. The summed E-state index contributed by atoms with van der Waals surface area (Å²) < 4.78 is 5.39. The van der Waals surface area contributed by atoms with E-state index in [0.29, 0.717) is 19.4 Å². The molecule has 0 saturated carbocycles. The maximum Gasteiger partial charge on any atom is 0.244 e. The number of benzene rings is 2. The molecular weight excluding hydrogens is 496 g/mol. The number of morpholine rings is 1. The van der Waals surface area contributed by atoms with Crippen molar-refractivity contribution in [3.8, 4) is 11.1 Å². The molecule has 2 aromatic rings. The molecule has 212 valence electrons. The van der Waals surface area contributed by atoms with Gasteiger partial charge in [0.1, 0.15) is 6.04 Å². The lowest BCUT2D eigenvalue weighted by Crippen LogP contribution is -2.50. The number of carbonyl (C=O) groups excluding carboxylic acids is 3. The van der Waals surface area contributed by atoms with Crippen molar-refractivity contribution in [2.75, 3.05) is 39.4 Å². The van der Waals surface area contributed by atoms with E-state index in [9.17, 15) is 14.4 Å². The molecule has 2 atom stereocenters.